The van der Waals surface area contributed by atoms with Crippen LogP contribution in [0, 0.1) is 0 Å². The molecule has 3 N–H and O–H groups in total. The number of nitrogens with one attached hydrogen (secondary N) is 1. The predicted octanol–water partition coefficient (Wildman–Crippen LogP) is 3.50. The van der Waals surface area contributed by atoms with Crippen molar-refractivity contribution in [3.05, 3.63) is 93.1 Å². The van der Waals surface area contributed by atoms with Gasteiger partial charge in [0.25, 0.3) is 0 Å². The van der Waals surface area contributed by atoms with Crippen molar-refractivity contribution in [1.82, 2.24) is 5.32 Å². The first-order valence-corrected chi connectivity index (χ1v) is 10.8. The maximum Gasteiger partial charge on any atom is 0.475 e. The van der Waals surface area contributed by atoms with Gasteiger partial charge in [0.15, 0.2) is 5.78 Å². The first-order valence-electron chi connectivity index (χ1n) is 9.45. The summed E-state index contributed by atoms with van der Waals surface area (Å²) in [7, 11) is -1.73. The lowest BCUT2D eigenvalue weighted by atomic mass is 9.75. The normalized spacial score (nSPS) is 12.8. The van der Waals surface area contributed by atoms with Crippen molar-refractivity contribution < 1.29 is 19.6 Å². The Hall–Kier alpha value is -2.45. The van der Waals surface area contributed by atoms with E-state index in [1.165, 1.54) is 11.3 Å². The van der Waals surface area contributed by atoms with Crippen molar-refractivity contribution in [3.8, 4) is 0 Å². The number of thiophene rings is 1. The van der Waals surface area contributed by atoms with E-state index >= 15 is 0 Å². The highest BCUT2D eigenvalue weighted by atomic mass is 35.5. The van der Waals surface area contributed by atoms with E-state index in [9.17, 15) is 19.6 Å². The molecule has 0 fully saturated rings. The molecule has 1 aromatic heterocycles. The quantitative estimate of drug-likeness (QED) is 0.350. The minimum absolute atomic E-state index is 0.0514. The van der Waals surface area contributed by atoms with Gasteiger partial charge in [0.2, 0.25) is 5.91 Å². The number of hydrogen-bond acceptors (Lipinski definition) is 5. The largest absolute Gasteiger partial charge is 0.475 e. The molecule has 2 atom stereocenters. The van der Waals surface area contributed by atoms with Gasteiger partial charge in [0, 0.05) is 17.0 Å². The maximum atomic E-state index is 13.1. The van der Waals surface area contributed by atoms with Gasteiger partial charge in [-0.25, -0.2) is 0 Å². The Balaban J connectivity index is 1.81. The molecule has 0 spiro atoms. The molecule has 154 valence electrons. The van der Waals surface area contributed by atoms with Gasteiger partial charge in [-0.1, -0.05) is 54.1 Å². The highest BCUT2D eigenvalue weighted by Gasteiger charge is 2.31. The number of carbonyl (C=O) groups excluding carboxylic acids is 2. The zero-order chi connectivity index (χ0) is 21.5. The average molecular weight is 442 g/mol. The number of ketones is 1. The molecule has 3 rings (SSSR count). The third-order valence-corrected chi connectivity index (χ3v) is 5.78. The summed E-state index contributed by atoms with van der Waals surface area (Å²) >= 11 is 7.46. The first-order chi connectivity index (χ1) is 14.4. The molecule has 0 saturated carbocycles. The Morgan fingerprint density at radius 1 is 1.03 bits per heavy atom. The van der Waals surface area contributed by atoms with Gasteiger partial charge < -0.3 is 15.4 Å². The molecule has 0 aliphatic heterocycles. The number of carbonyl (C=O) groups is 2. The lowest BCUT2D eigenvalue weighted by Crippen LogP contribution is -2.49. The summed E-state index contributed by atoms with van der Waals surface area (Å²) in [6.45, 7) is 0. The molecule has 3 aromatic rings. The summed E-state index contributed by atoms with van der Waals surface area (Å²) < 4.78 is 0. The summed E-state index contributed by atoms with van der Waals surface area (Å²) in [4.78, 5) is 25.9. The summed E-state index contributed by atoms with van der Waals surface area (Å²) in [6, 6.07) is 17.4. The molecule has 0 bridgehead atoms. The van der Waals surface area contributed by atoms with Crippen LogP contribution in [0.15, 0.2) is 71.4 Å². The number of halogens is 1. The van der Waals surface area contributed by atoms with Gasteiger partial charge in [-0.15, -0.1) is 0 Å². The number of Topliss-reactive ketones (excluding diaryl/α,β-unsaturated/α-hetero) is 1. The number of rotatable bonds is 9. The van der Waals surface area contributed by atoms with Crippen molar-refractivity contribution in [2.45, 2.75) is 24.7 Å². The highest BCUT2D eigenvalue weighted by molar-refractivity contribution is 7.07. The fraction of sp³-hybridized carbons (Fsp3) is 0.182. The first kappa shape index (κ1) is 22.2. The van der Waals surface area contributed by atoms with Gasteiger partial charge in [0.1, 0.15) is 0 Å². The van der Waals surface area contributed by atoms with Crippen LogP contribution in [0.25, 0.3) is 0 Å². The Morgan fingerprint density at radius 3 is 2.33 bits per heavy atom. The van der Waals surface area contributed by atoms with E-state index in [-0.39, 0.29) is 18.6 Å². The minimum Gasteiger partial charge on any atom is -0.426 e. The second-order valence-corrected chi connectivity index (χ2v) is 8.18. The van der Waals surface area contributed by atoms with Gasteiger partial charge >= 0.3 is 7.12 Å². The zero-order valence-corrected chi connectivity index (χ0v) is 17.6. The molecule has 1 heterocycles. The number of hydrogen-bond donors (Lipinski definition) is 3. The molecule has 8 heteroatoms. The van der Waals surface area contributed by atoms with Crippen LogP contribution in [0.4, 0.5) is 0 Å². The number of benzene rings is 2. The summed E-state index contributed by atoms with van der Waals surface area (Å²) in [6.07, 6.45) is 0.219. The monoisotopic (exact) mass is 441 g/mol. The van der Waals surface area contributed by atoms with Crippen LogP contribution in [0.3, 0.4) is 0 Å². The van der Waals surface area contributed by atoms with E-state index < -0.39 is 24.9 Å². The Bertz CT molecular complexity index is 965. The van der Waals surface area contributed by atoms with Crippen LogP contribution < -0.4 is 5.32 Å². The van der Waals surface area contributed by atoms with E-state index in [1.54, 1.807) is 48.5 Å². The topological polar surface area (TPSA) is 86.6 Å². The third kappa shape index (κ3) is 6.03. The summed E-state index contributed by atoms with van der Waals surface area (Å²) in [5.41, 5.74) is 2.03. The molecular weight excluding hydrogens is 421 g/mol. The van der Waals surface area contributed by atoms with Gasteiger partial charge in [-0.3, -0.25) is 9.59 Å². The van der Waals surface area contributed by atoms with Crippen molar-refractivity contribution >= 4 is 41.7 Å². The van der Waals surface area contributed by atoms with Gasteiger partial charge in [-0.05, 0) is 46.5 Å². The molecule has 30 heavy (non-hydrogen) atoms. The Kier molecular flexibility index (Phi) is 7.82. The van der Waals surface area contributed by atoms with Crippen LogP contribution in [0.5, 0.6) is 0 Å². The predicted molar refractivity (Wildman–Crippen MR) is 120 cm³/mol. The van der Waals surface area contributed by atoms with Crippen LogP contribution >= 0.6 is 22.9 Å². The Labute approximate surface area is 184 Å². The second kappa shape index (κ2) is 10.5. The molecule has 1 unspecified atom stereocenters. The van der Waals surface area contributed by atoms with E-state index in [2.05, 4.69) is 5.32 Å². The van der Waals surface area contributed by atoms with Gasteiger partial charge in [0.05, 0.1) is 11.9 Å². The molecule has 0 aliphatic carbocycles. The molecule has 0 radical (unpaired) electrons. The fourth-order valence-electron chi connectivity index (χ4n) is 3.16. The van der Waals surface area contributed by atoms with Crippen LogP contribution in [-0.2, 0) is 11.2 Å². The Morgan fingerprint density at radius 2 is 1.73 bits per heavy atom. The van der Waals surface area contributed by atoms with Crippen molar-refractivity contribution in [2.24, 2.45) is 0 Å². The standard InChI is InChI=1S/C22H21BClNO4S/c24-18-8-6-16(7-9-18)19(13-20(26)17-4-2-1-3-5-17)22(27)25-21(23(28)29)12-15-10-11-30-14-15/h1-11,14,19,21,28-29H,12-13H2,(H,25,27)/t19?,21-/m0/s1. The van der Waals surface area contributed by atoms with Crippen LogP contribution in [0.2, 0.25) is 5.02 Å². The molecule has 5 nitrogen and oxygen atoms in total. The van der Waals surface area contributed by atoms with E-state index in [0.717, 1.165) is 5.56 Å². The van der Waals surface area contributed by atoms with Crippen molar-refractivity contribution in [2.75, 3.05) is 0 Å². The molecule has 2 aromatic carbocycles. The average Bonchev–Trinajstić information content (AvgIpc) is 3.26. The van der Waals surface area contributed by atoms with Crippen LogP contribution in [0.1, 0.15) is 33.8 Å². The molecule has 0 saturated heterocycles. The van der Waals surface area contributed by atoms with E-state index in [0.29, 0.717) is 16.1 Å². The third-order valence-electron chi connectivity index (χ3n) is 4.80. The molecular formula is C22H21BClNO4S. The van der Waals surface area contributed by atoms with E-state index in [4.69, 9.17) is 11.6 Å². The van der Waals surface area contributed by atoms with Crippen molar-refractivity contribution in [3.63, 3.8) is 0 Å². The molecule has 1 amide bonds. The lowest BCUT2D eigenvalue weighted by Gasteiger charge is -2.22. The highest BCUT2D eigenvalue weighted by Crippen LogP contribution is 2.24. The SMILES string of the molecule is O=C(CC(C(=O)N[C@@H](Cc1ccsc1)B(O)O)c1ccc(Cl)cc1)c1ccccc1. The molecule has 0 aliphatic rings. The summed E-state index contributed by atoms with van der Waals surface area (Å²) in [5.74, 6) is -2.31. The summed E-state index contributed by atoms with van der Waals surface area (Å²) in [5, 5.41) is 26.5. The van der Waals surface area contributed by atoms with Crippen molar-refractivity contribution in [1.29, 1.82) is 0 Å². The zero-order valence-electron chi connectivity index (χ0n) is 16.1. The lowest BCUT2D eigenvalue weighted by molar-refractivity contribution is -0.123. The van der Waals surface area contributed by atoms with Crippen LogP contribution in [-0.4, -0.2) is 34.8 Å². The number of amides is 1. The minimum atomic E-state index is -1.73. The fourth-order valence-corrected chi connectivity index (χ4v) is 3.97. The van der Waals surface area contributed by atoms with E-state index in [1.807, 2.05) is 22.9 Å². The maximum absolute atomic E-state index is 13.1. The van der Waals surface area contributed by atoms with Gasteiger partial charge in [-0.2, -0.15) is 11.3 Å². The second-order valence-electron chi connectivity index (χ2n) is 6.96. The smallest absolute Gasteiger partial charge is 0.426 e.